The molecule has 0 saturated heterocycles. The molecule has 0 aromatic heterocycles. The van der Waals surface area contributed by atoms with Crippen molar-refractivity contribution >= 4 is 11.6 Å². The van der Waals surface area contributed by atoms with E-state index < -0.39 is 0 Å². The first kappa shape index (κ1) is 8.25. The van der Waals surface area contributed by atoms with Crippen LogP contribution in [-0.4, -0.2) is 16.6 Å². The highest BCUT2D eigenvalue weighted by Crippen LogP contribution is 2.08. The van der Waals surface area contributed by atoms with E-state index >= 15 is 0 Å². The lowest BCUT2D eigenvalue weighted by molar-refractivity contribution is 0.185. The molecule has 0 fully saturated rings. The van der Waals surface area contributed by atoms with Gasteiger partial charge in [0, 0.05) is 0 Å². The Morgan fingerprint density at radius 2 is 2.12 bits per heavy atom. The van der Waals surface area contributed by atoms with E-state index in [4.69, 9.17) is 16.7 Å². The van der Waals surface area contributed by atoms with Gasteiger partial charge in [-0.25, -0.2) is 0 Å². The number of rotatable bonds is 3. The highest BCUT2D eigenvalue weighted by molar-refractivity contribution is 6.20. The molecule has 0 bridgehead atoms. The summed E-state index contributed by atoms with van der Waals surface area (Å²) < 4.78 is 0. The number of aliphatic hydroxyl groups excluding tert-OH is 1. The summed E-state index contributed by atoms with van der Waals surface area (Å²) in [5.41, 5.74) is 0. The number of hydrogen-bond donors (Lipinski definition) is 1. The van der Waals surface area contributed by atoms with Crippen LogP contribution in [0.5, 0.6) is 0 Å². The third-order valence-corrected chi connectivity index (χ3v) is 1.67. The van der Waals surface area contributed by atoms with Gasteiger partial charge in [0.15, 0.2) is 0 Å². The van der Waals surface area contributed by atoms with Gasteiger partial charge < -0.3 is 5.11 Å². The van der Waals surface area contributed by atoms with Crippen molar-refractivity contribution in [2.45, 2.75) is 38.2 Å². The highest BCUT2D eigenvalue weighted by atomic mass is 35.5. The van der Waals surface area contributed by atoms with Crippen LogP contribution in [0.4, 0.5) is 0 Å². The quantitative estimate of drug-likeness (QED) is 0.587. The van der Waals surface area contributed by atoms with Crippen molar-refractivity contribution in [2.24, 2.45) is 0 Å². The van der Waals surface area contributed by atoms with Crippen molar-refractivity contribution in [1.29, 1.82) is 0 Å². The van der Waals surface area contributed by atoms with Gasteiger partial charge in [0.25, 0.3) is 0 Å². The molecule has 2 heteroatoms. The van der Waals surface area contributed by atoms with E-state index in [1.165, 1.54) is 0 Å². The molecule has 0 aliphatic heterocycles. The van der Waals surface area contributed by atoms with Crippen LogP contribution in [-0.2, 0) is 0 Å². The zero-order chi connectivity index (χ0) is 6.57. The molecule has 0 saturated carbocycles. The Balaban J connectivity index is 3.17. The Kier molecular flexibility index (Phi) is 4.29. The number of aliphatic hydroxyl groups is 1. The maximum Gasteiger partial charge on any atom is 0.0675 e. The summed E-state index contributed by atoms with van der Waals surface area (Å²) in [5.74, 6) is 0. The van der Waals surface area contributed by atoms with E-state index in [1.807, 2.05) is 0 Å². The normalized spacial score (nSPS) is 18.0. The molecule has 0 amide bonds. The lowest BCUT2D eigenvalue weighted by atomic mass is 10.2. The fraction of sp³-hybridized carbons (Fsp3) is 1.00. The minimum Gasteiger partial charge on any atom is -0.392 e. The Bertz CT molecular complexity index is 54.5. The molecule has 0 spiro atoms. The van der Waals surface area contributed by atoms with Crippen LogP contribution in [0, 0.1) is 0 Å². The fourth-order valence-corrected chi connectivity index (χ4v) is 0.735. The molecule has 0 aromatic rings. The monoisotopic (exact) mass is 136 g/mol. The molecule has 0 aromatic carbocycles. The average Bonchev–Trinajstić information content (AvgIpc) is 1.67. The lowest BCUT2D eigenvalue weighted by Crippen LogP contribution is -2.15. The molecule has 8 heavy (non-hydrogen) atoms. The molecule has 1 nitrogen and oxygen atoms in total. The maximum atomic E-state index is 8.82. The van der Waals surface area contributed by atoms with E-state index in [2.05, 4.69) is 6.92 Å². The zero-order valence-corrected chi connectivity index (χ0v) is 6.15. The Morgan fingerprint density at radius 3 is 2.25 bits per heavy atom. The van der Waals surface area contributed by atoms with E-state index in [0.717, 1.165) is 12.8 Å². The van der Waals surface area contributed by atoms with Crippen molar-refractivity contribution in [3.63, 3.8) is 0 Å². The van der Waals surface area contributed by atoms with Crippen LogP contribution in [0.25, 0.3) is 0 Å². The molecular weight excluding hydrogens is 124 g/mol. The summed E-state index contributed by atoms with van der Waals surface area (Å²) in [6.45, 7) is 3.77. The molecule has 0 aliphatic rings. The van der Waals surface area contributed by atoms with Crippen molar-refractivity contribution in [3.05, 3.63) is 0 Å². The molecule has 2 atom stereocenters. The third kappa shape index (κ3) is 3.28. The second-order valence-corrected chi connectivity index (χ2v) is 2.61. The van der Waals surface area contributed by atoms with Gasteiger partial charge in [-0.3, -0.25) is 0 Å². The van der Waals surface area contributed by atoms with Gasteiger partial charge in [-0.2, -0.15) is 0 Å². The van der Waals surface area contributed by atoms with Crippen LogP contribution in [0.15, 0.2) is 0 Å². The largest absolute Gasteiger partial charge is 0.392 e. The SMILES string of the molecule is CCC[C@H](Cl)[C@H](C)O. The van der Waals surface area contributed by atoms with Crippen LogP contribution in [0.3, 0.4) is 0 Å². The van der Waals surface area contributed by atoms with Crippen molar-refractivity contribution in [3.8, 4) is 0 Å². The highest BCUT2D eigenvalue weighted by Gasteiger charge is 2.07. The summed E-state index contributed by atoms with van der Waals surface area (Å²) >= 11 is 5.67. The molecule has 1 N–H and O–H groups in total. The van der Waals surface area contributed by atoms with E-state index in [9.17, 15) is 0 Å². The van der Waals surface area contributed by atoms with Crippen molar-refractivity contribution in [1.82, 2.24) is 0 Å². The molecule has 0 unspecified atom stereocenters. The first-order valence-electron chi connectivity index (χ1n) is 3.00. The first-order chi connectivity index (χ1) is 3.68. The molecular formula is C6H13ClO. The summed E-state index contributed by atoms with van der Waals surface area (Å²) in [6.07, 6.45) is 1.58. The first-order valence-corrected chi connectivity index (χ1v) is 3.44. The van der Waals surface area contributed by atoms with Gasteiger partial charge in [0.1, 0.15) is 0 Å². The standard InChI is InChI=1S/C6H13ClO/c1-3-4-6(7)5(2)8/h5-6,8H,3-4H2,1-2H3/t5-,6-/m0/s1. The molecule has 0 aliphatic carbocycles. The topological polar surface area (TPSA) is 20.2 Å². The summed E-state index contributed by atoms with van der Waals surface area (Å²) in [4.78, 5) is 0. The van der Waals surface area contributed by atoms with Gasteiger partial charge in [-0.05, 0) is 13.3 Å². The second-order valence-electron chi connectivity index (χ2n) is 2.05. The number of halogens is 1. The second kappa shape index (κ2) is 4.16. The maximum absolute atomic E-state index is 8.82. The number of alkyl halides is 1. The smallest absolute Gasteiger partial charge is 0.0675 e. The van der Waals surface area contributed by atoms with Gasteiger partial charge in [0.05, 0.1) is 11.5 Å². The van der Waals surface area contributed by atoms with Gasteiger partial charge in [0.2, 0.25) is 0 Å². The Labute approximate surface area is 55.7 Å². The van der Waals surface area contributed by atoms with E-state index in [0.29, 0.717) is 0 Å². The van der Waals surface area contributed by atoms with E-state index in [1.54, 1.807) is 6.92 Å². The van der Waals surface area contributed by atoms with Crippen LogP contribution < -0.4 is 0 Å². The van der Waals surface area contributed by atoms with Crippen LogP contribution in [0.1, 0.15) is 26.7 Å². The predicted molar refractivity (Wildman–Crippen MR) is 36.2 cm³/mol. The minimum absolute atomic E-state index is 0.0556. The van der Waals surface area contributed by atoms with Gasteiger partial charge in [-0.1, -0.05) is 13.3 Å². The minimum atomic E-state index is -0.364. The summed E-state index contributed by atoms with van der Waals surface area (Å²) in [5, 5.41) is 8.76. The van der Waals surface area contributed by atoms with Crippen molar-refractivity contribution in [2.75, 3.05) is 0 Å². The predicted octanol–water partition coefficient (Wildman–Crippen LogP) is 1.77. The zero-order valence-electron chi connectivity index (χ0n) is 5.39. The number of hydrogen-bond acceptors (Lipinski definition) is 1. The van der Waals surface area contributed by atoms with E-state index in [-0.39, 0.29) is 11.5 Å². The Hall–Kier alpha value is 0.250. The third-order valence-electron chi connectivity index (χ3n) is 1.09. The fourth-order valence-electron chi connectivity index (χ4n) is 0.517. The van der Waals surface area contributed by atoms with Crippen LogP contribution in [0.2, 0.25) is 0 Å². The van der Waals surface area contributed by atoms with Gasteiger partial charge in [-0.15, -0.1) is 11.6 Å². The lowest BCUT2D eigenvalue weighted by Gasteiger charge is -2.09. The van der Waals surface area contributed by atoms with Gasteiger partial charge >= 0.3 is 0 Å². The van der Waals surface area contributed by atoms with Crippen LogP contribution >= 0.6 is 11.6 Å². The molecule has 0 radical (unpaired) electrons. The molecule has 0 rings (SSSR count). The average molecular weight is 137 g/mol. The molecule has 0 heterocycles. The summed E-state index contributed by atoms with van der Waals surface area (Å²) in [7, 11) is 0. The molecule has 50 valence electrons. The summed E-state index contributed by atoms with van der Waals surface area (Å²) in [6, 6.07) is 0. The van der Waals surface area contributed by atoms with Crippen molar-refractivity contribution < 1.29 is 5.11 Å². The Morgan fingerprint density at radius 1 is 1.62 bits per heavy atom.